The average molecular weight is 207 g/mol. The van der Waals surface area contributed by atoms with E-state index < -0.39 is 12.6 Å². The fraction of sp³-hybridized carbons (Fsp3) is 0.750. The Balaban J connectivity index is 2.44. The van der Waals surface area contributed by atoms with Gasteiger partial charge in [-0.25, -0.2) is 4.98 Å². The van der Waals surface area contributed by atoms with Crippen LogP contribution >= 0.6 is 0 Å². The van der Waals surface area contributed by atoms with Crippen molar-refractivity contribution >= 4 is 0 Å². The second-order valence-corrected chi connectivity index (χ2v) is 3.06. The largest absolute Gasteiger partial charge is 0.389 e. The van der Waals surface area contributed by atoms with Crippen molar-refractivity contribution in [2.45, 2.75) is 38.8 Å². The molecule has 0 aromatic carbocycles. The van der Waals surface area contributed by atoms with Crippen molar-refractivity contribution in [3.63, 3.8) is 0 Å². The standard InChI is InChI=1S/C8H12F3N3/c1-2-3-6-12-7(14-13-6)4-5-8(9,10)11/h2-5H2,1H3,(H,12,13,14). The second-order valence-electron chi connectivity index (χ2n) is 3.06. The lowest BCUT2D eigenvalue weighted by Crippen LogP contribution is -2.09. The molecule has 0 fully saturated rings. The SMILES string of the molecule is CCCc1nc(CCC(F)(F)F)n[nH]1. The van der Waals surface area contributed by atoms with Crippen molar-refractivity contribution < 1.29 is 13.2 Å². The van der Waals surface area contributed by atoms with E-state index in [-0.39, 0.29) is 12.2 Å². The summed E-state index contributed by atoms with van der Waals surface area (Å²) in [5.74, 6) is 0.899. The highest BCUT2D eigenvalue weighted by atomic mass is 19.4. The molecule has 14 heavy (non-hydrogen) atoms. The zero-order valence-corrected chi connectivity index (χ0v) is 7.86. The van der Waals surface area contributed by atoms with E-state index >= 15 is 0 Å². The summed E-state index contributed by atoms with van der Waals surface area (Å²) in [6, 6.07) is 0. The Kier molecular flexibility index (Phi) is 3.49. The van der Waals surface area contributed by atoms with Gasteiger partial charge in [-0.1, -0.05) is 6.92 Å². The van der Waals surface area contributed by atoms with Crippen molar-refractivity contribution in [1.29, 1.82) is 0 Å². The molecule has 1 rings (SSSR count). The summed E-state index contributed by atoms with van der Waals surface area (Å²) in [5, 5.41) is 6.32. The molecule has 0 spiro atoms. The number of nitrogens with zero attached hydrogens (tertiary/aromatic N) is 2. The van der Waals surface area contributed by atoms with Gasteiger partial charge in [0.2, 0.25) is 0 Å². The summed E-state index contributed by atoms with van der Waals surface area (Å²) in [6.07, 6.45) is -3.53. The summed E-state index contributed by atoms with van der Waals surface area (Å²) < 4.78 is 35.5. The van der Waals surface area contributed by atoms with Crippen molar-refractivity contribution in [2.75, 3.05) is 0 Å². The van der Waals surface area contributed by atoms with E-state index in [0.29, 0.717) is 5.82 Å². The molecule has 0 amide bonds. The molecule has 1 N–H and O–H groups in total. The number of hydrogen-bond donors (Lipinski definition) is 1. The topological polar surface area (TPSA) is 41.6 Å². The van der Waals surface area contributed by atoms with E-state index in [1.165, 1.54) is 0 Å². The smallest absolute Gasteiger partial charge is 0.263 e. The molecular formula is C8H12F3N3. The highest BCUT2D eigenvalue weighted by molar-refractivity contribution is 4.90. The number of halogens is 3. The molecule has 3 nitrogen and oxygen atoms in total. The van der Waals surface area contributed by atoms with Crippen LogP contribution in [0.15, 0.2) is 0 Å². The molecule has 0 aliphatic rings. The third-order valence-corrected chi connectivity index (χ3v) is 1.70. The van der Waals surface area contributed by atoms with Gasteiger partial charge in [0.1, 0.15) is 5.82 Å². The number of hydrogen-bond acceptors (Lipinski definition) is 2. The number of aromatic nitrogens is 3. The first-order chi connectivity index (χ1) is 6.51. The molecule has 80 valence electrons. The molecule has 0 atom stereocenters. The summed E-state index contributed by atoms with van der Waals surface area (Å²) in [6.45, 7) is 1.97. The Morgan fingerprint density at radius 1 is 1.29 bits per heavy atom. The van der Waals surface area contributed by atoms with Gasteiger partial charge in [0, 0.05) is 12.8 Å². The molecule has 0 unspecified atom stereocenters. The van der Waals surface area contributed by atoms with E-state index in [0.717, 1.165) is 12.8 Å². The van der Waals surface area contributed by atoms with Gasteiger partial charge >= 0.3 is 6.18 Å². The molecule has 0 aliphatic heterocycles. The van der Waals surface area contributed by atoms with Gasteiger partial charge in [-0.2, -0.15) is 18.3 Å². The fourth-order valence-corrected chi connectivity index (χ4v) is 1.05. The van der Waals surface area contributed by atoms with Gasteiger partial charge in [-0.3, -0.25) is 5.10 Å². The van der Waals surface area contributed by atoms with Crippen LogP contribution in [0.3, 0.4) is 0 Å². The highest BCUT2D eigenvalue weighted by Gasteiger charge is 2.27. The number of alkyl halides is 3. The van der Waals surface area contributed by atoms with Crippen LogP contribution in [0, 0.1) is 0 Å². The summed E-state index contributed by atoms with van der Waals surface area (Å²) >= 11 is 0. The number of nitrogens with one attached hydrogen (secondary N) is 1. The number of H-pyrrole nitrogens is 1. The molecule has 0 aliphatic carbocycles. The van der Waals surface area contributed by atoms with Crippen molar-refractivity contribution in [2.24, 2.45) is 0 Å². The molecule has 0 radical (unpaired) electrons. The van der Waals surface area contributed by atoms with E-state index in [1.807, 2.05) is 6.92 Å². The average Bonchev–Trinajstić information content (AvgIpc) is 2.49. The number of aromatic amines is 1. The van der Waals surface area contributed by atoms with E-state index in [9.17, 15) is 13.2 Å². The number of aryl methyl sites for hydroxylation is 2. The minimum Gasteiger partial charge on any atom is -0.263 e. The minimum absolute atomic E-state index is 0.149. The molecule has 6 heteroatoms. The third kappa shape index (κ3) is 3.76. The first kappa shape index (κ1) is 11.0. The maximum absolute atomic E-state index is 11.8. The lowest BCUT2D eigenvalue weighted by Gasteiger charge is -2.02. The van der Waals surface area contributed by atoms with Crippen LogP contribution in [0.2, 0.25) is 0 Å². The van der Waals surface area contributed by atoms with Crippen molar-refractivity contribution in [1.82, 2.24) is 15.2 Å². The van der Waals surface area contributed by atoms with Crippen LogP contribution in [0.25, 0.3) is 0 Å². The van der Waals surface area contributed by atoms with Crippen molar-refractivity contribution in [3.8, 4) is 0 Å². The quantitative estimate of drug-likeness (QED) is 0.822. The maximum Gasteiger partial charge on any atom is 0.389 e. The molecule has 1 aromatic heterocycles. The fourth-order valence-electron chi connectivity index (χ4n) is 1.05. The van der Waals surface area contributed by atoms with Gasteiger partial charge in [0.05, 0.1) is 6.42 Å². The van der Waals surface area contributed by atoms with Crippen LogP contribution in [-0.4, -0.2) is 21.4 Å². The summed E-state index contributed by atoms with van der Waals surface area (Å²) in [5.41, 5.74) is 0. The van der Waals surface area contributed by atoms with Gasteiger partial charge in [-0.05, 0) is 6.42 Å². The molecule has 1 heterocycles. The Labute approximate surface area is 79.7 Å². The Morgan fingerprint density at radius 2 is 2.00 bits per heavy atom. The van der Waals surface area contributed by atoms with E-state index in [1.54, 1.807) is 0 Å². The predicted octanol–water partition coefficient (Wildman–Crippen LogP) is 2.25. The van der Waals surface area contributed by atoms with Crippen LogP contribution in [0.1, 0.15) is 31.4 Å². The first-order valence-corrected chi connectivity index (χ1v) is 4.48. The summed E-state index contributed by atoms with van der Waals surface area (Å²) in [7, 11) is 0. The normalized spacial score (nSPS) is 12.0. The molecular weight excluding hydrogens is 195 g/mol. The zero-order valence-electron chi connectivity index (χ0n) is 7.86. The Hall–Kier alpha value is -1.07. The van der Waals surface area contributed by atoms with Crippen molar-refractivity contribution in [3.05, 3.63) is 11.6 Å². The molecule has 1 aromatic rings. The first-order valence-electron chi connectivity index (χ1n) is 4.48. The Morgan fingerprint density at radius 3 is 2.57 bits per heavy atom. The van der Waals surface area contributed by atoms with Crippen LogP contribution < -0.4 is 0 Å². The Bertz CT molecular complexity index is 280. The van der Waals surface area contributed by atoms with Gasteiger partial charge in [0.15, 0.2) is 5.82 Å². The highest BCUT2D eigenvalue weighted by Crippen LogP contribution is 2.20. The maximum atomic E-state index is 11.8. The third-order valence-electron chi connectivity index (χ3n) is 1.70. The lowest BCUT2D eigenvalue weighted by atomic mass is 10.3. The molecule has 0 bridgehead atoms. The summed E-state index contributed by atoms with van der Waals surface area (Å²) in [4.78, 5) is 3.94. The predicted molar refractivity (Wildman–Crippen MR) is 44.8 cm³/mol. The van der Waals surface area contributed by atoms with Gasteiger partial charge in [0.25, 0.3) is 0 Å². The zero-order chi connectivity index (χ0) is 10.6. The minimum atomic E-state index is -4.13. The van der Waals surface area contributed by atoms with Crippen LogP contribution in [0.5, 0.6) is 0 Å². The molecule has 0 saturated heterocycles. The van der Waals surface area contributed by atoms with Gasteiger partial charge in [-0.15, -0.1) is 0 Å². The van der Waals surface area contributed by atoms with Crippen LogP contribution in [-0.2, 0) is 12.8 Å². The van der Waals surface area contributed by atoms with E-state index in [4.69, 9.17) is 0 Å². The molecule has 0 saturated carbocycles. The lowest BCUT2D eigenvalue weighted by molar-refractivity contribution is -0.134. The monoisotopic (exact) mass is 207 g/mol. The van der Waals surface area contributed by atoms with Crippen LogP contribution in [0.4, 0.5) is 13.2 Å². The van der Waals surface area contributed by atoms with Gasteiger partial charge < -0.3 is 0 Å². The number of rotatable bonds is 4. The van der Waals surface area contributed by atoms with E-state index in [2.05, 4.69) is 15.2 Å². The second kappa shape index (κ2) is 4.43.